The average Bonchev–Trinajstić information content (AvgIpc) is 2.54. The van der Waals surface area contributed by atoms with E-state index < -0.39 is 17.7 Å². The highest BCUT2D eigenvalue weighted by molar-refractivity contribution is 6.30. The van der Waals surface area contributed by atoms with Crippen LogP contribution in [0.5, 0.6) is 0 Å². The van der Waals surface area contributed by atoms with E-state index >= 15 is 0 Å². The maximum Gasteiger partial charge on any atom is 0.437 e. The van der Waals surface area contributed by atoms with Gasteiger partial charge in [0.15, 0.2) is 0 Å². The zero-order valence-electron chi connectivity index (χ0n) is 14.4. The van der Waals surface area contributed by atoms with E-state index in [9.17, 15) is 9.59 Å². The van der Waals surface area contributed by atoms with Crippen molar-refractivity contribution in [2.24, 2.45) is 5.16 Å². The lowest BCUT2D eigenvalue weighted by molar-refractivity contribution is 0.0955. The largest absolute Gasteiger partial charge is 0.450 e. The molecule has 0 aliphatic rings. The van der Waals surface area contributed by atoms with Gasteiger partial charge in [0.1, 0.15) is 0 Å². The summed E-state index contributed by atoms with van der Waals surface area (Å²) < 4.78 is 4.96. The fraction of sp³-hybridized carbons (Fsp3) is 0.438. The Balaban J connectivity index is 2.68. The number of ether oxygens (including phenoxy) is 1. The highest BCUT2D eigenvalue weighted by atomic mass is 35.5. The number of halogens is 1. The van der Waals surface area contributed by atoms with Gasteiger partial charge in [0.2, 0.25) is 0 Å². The Morgan fingerprint density at radius 1 is 1.29 bits per heavy atom. The molecular weight excluding hydrogens is 334 g/mol. The second kappa shape index (κ2) is 8.54. The van der Waals surface area contributed by atoms with Gasteiger partial charge in [0, 0.05) is 17.8 Å². The fourth-order valence-electron chi connectivity index (χ4n) is 1.59. The Hall–Kier alpha value is -2.28. The van der Waals surface area contributed by atoms with Gasteiger partial charge in [0.25, 0.3) is 0 Å². The number of nitrogens with zero attached hydrogens (tertiary/aromatic N) is 2. The van der Waals surface area contributed by atoms with Crippen molar-refractivity contribution in [1.29, 1.82) is 0 Å². The molecule has 0 bridgehead atoms. The van der Waals surface area contributed by atoms with Crippen LogP contribution in [0.3, 0.4) is 0 Å². The molecule has 132 valence electrons. The predicted molar refractivity (Wildman–Crippen MR) is 93.5 cm³/mol. The first-order chi connectivity index (χ1) is 11.2. The summed E-state index contributed by atoms with van der Waals surface area (Å²) in [5, 5.41) is 6.88. The molecule has 0 aliphatic carbocycles. The van der Waals surface area contributed by atoms with Crippen LogP contribution in [-0.2, 0) is 9.57 Å². The number of oxime groups is 1. The van der Waals surface area contributed by atoms with E-state index in [2.05, 4.69) is 10.5 Å². The minimum atomic E-state index is -0.785. The van der Waals surface area contributed by atoms with Crippen LogP contribution in [0.25, 0.3) is 0 Å². The van der Waals surface area contributed by atoms with Gasteiger partial charge in [-0.15, -0.1) is 0 Å². The summed E-state index contributed by atoms with van der Waals surface area (Å²) >= 11 is 5.77. The molecule has 0 spiro atoms. The fourth-order valence-corrected chi connectivity index (χ4v) is 1.71. The molecule has 0 atom stereocenters. The van der Waals surface area contributed by atoms with Crippen molar-refractivity contribution in [2.75, 3.05) is 19.0 Å². The number of anilines is 1. The Morgan fingerprint density at radius 2 is 1.88 bits per heavy atom. The van der Waals surface area contributed by atoms with E-state index in [0.29, 0.717) is 16.4 Å². The first kappa shape index (κ1) is 19.8. The van der Waals surface area contributed by atoms with Crippen molar-refractivity contribution in [3.63, 3.8) is 0 Å². The molecule has 0 unspecified atom stereocenters. The van der Waals surface area contributed by atoms with E-state index in [1.807, 2.05) is 0 Å². The third-order valence-electron chi connectivity index (χ3n) is 3.62. The highest BCUT2D eigenvalue weighted by Gasteiger charge is 2.32. The third-order valence-corrected chi connectivity index (χ3v) is 3.87. The third kappa shape index (κ3) is 5.42. The Labute approximate surface area is 146 Å². The monoisotopic (exact) mass is 355 g/mol. The molecule has 1 aromatic carbocycles. The molecule has 0 saturated carbocycles. The van der Waals surface area contributed by atoms with Crippen LogP contribution in [0, 0.1) is 0 Å². The normalized spacial score (nSPS) is 11.7. The highest BCUT2D eigenvalue weighted by Crippen LogP contribution is 2.17. The van der Waals surface area contributed by atoms with Crippen LogP contribution in [0.15, 0.2) is 29.4 Å². The Morgan fingerprint density at radius 3 is 2.42 bits per heavy atom. The van der Waals surface area contributed by atoms with Gasteiger partial charge >= 0.3 is 12.2 Å². The topological polar surface area (TPSA) is 80.2 Å². The Kier molecular flexibility index (Phi) is 7.03. The van der Waals surface area contributed by atoms with E-state index in [-0.39, 0.29) is 6.61 Å². The average molecular weight is 356 g/mol. The van der Waals surface area contributed by atoms with E-state index in [1.54, 1.807) is 59.0 Å². The second-order valence-corrected chi connectivity index (χ2v) is 5.94. The number of nitrogens with one attached hydrogen (secondary N) is 1. The number of carbonyl (C=O) groups excluding carboxylic acids is 2. The predicted octanol–water partition coefficient (Wildman–Crippen LogP) is 4.13. The maximum atomic E-state index is 11.8. The molecule has 0 aromatic heterocycles. The number of hydrogen-bond donors (Lipinski definition) is 1. The maximum absolute atomic E-state index is 11.8. The molecule has 2 amide bonds. The van der Waals surface area contributed by atoms with Crippen molar-refractivity contribution in [3.8, 4) is 0 Å². The molecule has 1 N–H and O–H groups in total. The number of benzene rings is 1. The van der Waals surface area contributed by atoms with Crippen LogP contribution in [-0.4, -0.2) is 42.0 Å². The molecule has 0 heterocycles. The lowest BCUT2D eigenvalue weighted by atomic mass is 9.98. The van der Waals surface area contributed by atoms with Crippen molar-refractivity contribution >= 4 is 35.2 Å². The Bertz CT molecular complexity index is 614. The number of amides is 2. The van der Waals surface area contributed by atoms with E-state index in [1.165, 1.54) is 4.90 Å². The SMILES string of the molecule is CCOC(=O)N(C)C(C)(C)/C(C)=N\OC(=O)Nc1ccc(Cl)cc1. The van der Waals surface area contributed by atoms with Crippen molar-refractivity contribution in [2.45, 2.75) is 33.2 Å². The van der Waals surface area contributed by atoms with Crippen molar-refractivity contribution in [1.82, 2.24) is 4.90 Å². The standard InChI is InChI=1S/C16H22ClN3O4/c1-6-23-15(22)20(5)16(3,4)11(2)19-24-14(21)18-13-9-7-12(17)8-10-13/h7-10H,6H2,1-5H3,(H,18,21)/b19-11-. The zero-order valence-corrected chi connectivity index (χ0v) is 15.2. The molecule has 24 heavy (non-hydrogen) atoms. The summed E-state index contributed by atoms with van der Waals surface area (Å²) in [6.07, 6.45) is -1.23. The summed E-state index contributed by atoms with van der Waals surface area (Å²) in [5.74, 6) is 0. The van der Waals surface area contributed by atoms with Crippen LogP contribution in [0.4, 0.5) is 15.3 Å². The summed E-state index contributed by atoms with van der Waals surface area (Å²) in [4.78, 5) is 29.8. The summed E-state index contributed by atoms with van der Waals surface area (Å²) in [5.41, 5.74) is 0.178. The van der Waals surface area contributed by atoms with E-state index in [0.717, 1.165) is 0 Å². The first-order valence-electron chi connectivity index (χ1n) is 7.37. The van der Waals surface area contributed by atoms with E-state index in [4.69, 9.17) is 21.2 Å². The van der Waals surface area contributed by atoms with Gasteiger partial charge in [-0.2, -0.15) is 0 Å². The lowest BCUT2D eigenvalue weighted by Gasteiger charge is -2.34. The van der Waals surface area contributed by atoms with Crippen LogP contribution < -0.4 is 5.32 Å². The molecule has 0 fully saturated rings. The van der Waals surface area contributed by atoms with Gasteiger partial charge in [-0.1, -0.05) is 16.8 Å². The van der Waals surface area contributed by atoms with Crippen molar-refractivity contribution in [3.05, 3.63) is 29.3 Å². The van der Waals surface area contributed by atoms with Gasteiger partial charge < -0.3 is 9.64 Å². The molecule has 7 nitrogen and oxygen atoms in total. The minimum absolute atomic E-state index is 0.273. The van der Waals surface area contributed by atoms with Crippen molar-refractivity contribution < 1.29 is 19.2 Å². The molecule has 0 aliphatic heterocycles. The van der Waals surface area contributed by atoms with Crippen LogP contribution in [0.2, 0.25) is 5.02 Å². The minimum Gasteiger partial charge on any atom is -0.450 e. The number of rotatable bonds is 5. The summed E-state index contributed by atoms with van der Waals surface area (Å²) in [6.45, 7) is 7.19. The first-order valence-corrected chi connectivity index (χ1v) is 7.75. The van der Waals surface area contributed by atoms with Crippen LogP contribution in [0.1, 0.15) is 27.7 Å². The molecule has 8 heteroatoms. The van der Waals surface area contributed by atoms with Gasteiger partial charge in [0.05, 0.1) is 17.9 Å². The van der Waals surface area contributed by atoms with Gasteiger partial charge in [-0.3, -0.25) is 10.2 Å². The molecule has 1 aromatic rings. The van der Waals surface area contributed by atoms with Gasteiger partial charge in [-0.05, 0) is 52.0 Å². The quantitative estimate of drug-likeness (QED) is 0.489. The second-order valence-electron chi connectivity index (χ2n) is 5.50. The molecule has 1 rings (SSSR count). The number of hydrogen-bond acceptors (Lipinski definition) is 5. The molecule has 0 saturated heterocycles. The smallest absolute Gasteiger partial charge is 0.437 e. The van der Waals surface area contributed by atoms with Crippen LogP contribution >= 0.6 is 11.6 Å². The molecular formula is C16H22ClN3O4. The summed E-state index contributed by atoms with van der Waals surface area (Å²) in [7, 11) is 1.59. The summed E-state index contributed by atoms with van der Waals surface area (Å²) in [6, 6.07) is 6.56. The zero-order chi connectivity index (χ0) is 18.3. The van der Waals surface area contributed by atoms with Gasteiger partial charge in [-0.25, -0.2) is 9.59 Å². The lowest BCUT2D eigenvalue weighted by Crippen LogP contribution is -2.50. The molecule has 0 radical (unpaired) electrons. The number of carbonyl (C=O) groups is 2.